The summed E-state index contributed by atoms with van der Waals surface area (Å²) >= 11 is 0. The Hall–Kier alpha value is -0.890. The maximum Gasteiger partial charge on any atom is 0.126 e. The van der Waals surface area contributed by atoms with E-state index in [1.807, 2.05) is 13.0 Å². The van der Waals surface area contributed by atoms with Crippen LogP contribution < -0.4 is 5.32 Å². The lowest BCUT2D eigenvalue weighted by atomic mass is 9.86. The summed E-state index contributed by atoms with van der Waals surface area (Å²) in [6.07, 6.45) is 5.92. The molecular formula is C18H30FN. The van der Waals surface area contributed by atoms with E-state index in [9.17, 15) is 4.39 Å². The molecule has 0 heterocycles. The van der Waals surface area contributed by atoms with Gasteiger partial charge in [0, 0.05) is 6.04 Å². The van der Waals surface area contributed by atoms with E-state index in [4.69, 9.17) is 0 Å². The summed E-state index contributed by atoms with van der Waals surface area (Å²) in [5, 5.41) is 3.63. The van der Waals surface area contributed by atoms with E-state index in [0.29, 0.717) is 5.92 Å². The van der Waals surface area contributed by atoms with Crippen molar-refractivity contribution in [3.05, 3.63) is 35.1 Å². The van der Waals surface area contributed by atoms with E-state index in [1.165, 1.54) is 19.3 Å². The molecule has 2 heteroatoms. The third-order valence-electron chi connectivity index (χ3n) is 4.09. The highest BCUT2D eigenvalue weighted by Crippen LogP contribution is 2.30. The highest BCUT2D eigenvalue weighted by Gasteiger charge is 2.21. The molecule has 0 saturated carbocycles. The maximum atomic E-state index is 13.9. The predicted molar refractivity (Wildman–Crippen MR) is 85.5 cm³/mol. The summed E-state index contributed by atoms with van der Waals surface area (Å²) in [5.41, 5.74) is 1.83. The number of nitrogens with one attached hydrogen (secondary N) is 1. The van der Waals surface area contributed by atoms with Crippen molar-refractivity contribution in [1.82, 2.24) is 5.32 Å². The van der Waals surface area contributed by atoms with Gasteiger partial charge in [0.25, 0.3) is 0 Å². The van der Waals surface area contributed by atoms with Crippen molar-refractivity contribution in [3.63, 3.8) is 0 Å². The Morgan fingerprint density at radius 1 is 1.15 bits per heavy atom. The number of unbranched alkanes of at least 4 members (excludes halogenated alkanes) is 1. The number of rotatable bonds is 9. The van der Waals surface area contributed by atoms with Crippen molar-refractivity contribution in [2.75, 3.05) is 6.54 Å². The fourth-order valence-corrected chi connectivity index (χ4v) is 2.73. The van der Waals surface area contributed by atoms with Gasteiger partial charge in [-0.25, -0.2) is 4.39 Å². The number of hydrogen-bond acceptors (Lipinski definition) is 1. The predicted octanol–water partition coefficient (Wildman–Crippen LogP) is 5.39. The number of benzene rings is 1. The van der Waals surface area contributed by atoms with Gasteiger partial charge in [0.1, 0.15) is 5.82 Å². The van der Waals surface area contributed by atoms with Crippen LogP contribution in [-0.2, 0) is 0 Å². The third-order valence-corrected chi connectivity index (χ3v) is 4.09. The van der Waals surface area contributed by atoms with Gasteiger partial charge in [-0.1, -0.05) is 52.2 Å². The Labute approximate surface area is 124 Å². The Bertz CT molecular complexity index is 389. The highest BCUT2D eigenvalue weighted by atomic mass is 19.1. The fourth-order valence-electron chi connectivity index (χ4n) is 2.73. The average molecular weight is 279 g/mol. The van der Waals surface area contributed by atoms with Crippen LogP contribution in [0, 0.1) is 18.7 Å². The topological polar surface area (TPSA) is 12.0 Å². The Kier molecular flexibility index (Phi) is 7.83. The molecule has 0 aliphatic heterocycles. The molecule has 20 heavy (non-hydrogen) atoms. The van der Waals surface area contributed by atoms with Gasteiger partial charge in [0.2, 0.25) is 0 Å². The Morgan fingerprint density at radius 2 is 1.90 bits per heavy atom. The molecule has 2 atom stereocenters. The summed E-state index contributed by atoms with van der Waals surface area (Å²) < 4.78 is 13.9. The van der Waals surface area contributed by atoms with Crippen LogP contribution in [0.2, 0.25) is 0 Å². The van der Waals surface area contributed by atoms with Crippen molar-refractivity contribution in [2.24, 2.45) is 5.92 Å². The molecular weight excluding hydrogens is 249 g/mol. The standard InChI is InChI=1S/C18H30FN/c1-5-8-9-15(7-3)18(20-12-6-2)16-11-10-14(4)17(19)13-16/h10-11,13,15,18,20H,5-9,12H2,1-4H3. The molecule has 1 N–H and O–H groups in total. The van der Waals surface area contributed by atoms with Crippen LogP contribution in [0.4, 0.5) is 4.39 Å². The van der Waals surface area contributed by atoms with Crippen molar-refractivity contribution >= 4 is 0 Å². The Morgan fingerprint density at radius 3 is 2.45 bits per heavy atom. The summed E-state index contributed by atoms with van der Waals surface area (Å²) in [7, 11) is 0. The fraction of sp³-hybridized carbons (Fsp3) is 0.667. The van der Waals surface area contributed by atoms with Crippen LogP contribution in [0.3, 0.4) is 0 Å². The van der Waals surface area contributed by atoms with Crippen LogP contribution in [-0.4, -0.2) is 6.54 Å². The summed E-state index contributed by atoms with van der Waals surface area (Å²) in [5.74, 6) is 0.500. The van der Waals surface area contributed by atoms with Crippen LogP contribution in [0.5, 0.6) is 0 Å². The molecule has 0 bridgehead atoms. The number of aryl methyl sites for hydroxylation is 1. The van der Waals surface area contributed by atoms with E-state index in [-0.39, 0.29) is 11.9 Å². The van der Waals surface area contributed by atoms with Gasteiger partial charge in [0.15, 0.2) is 0 Å². The minimum Gasteiger partial charge on any atom is -0.310 e. The SMILES string of the molecule is CCCCC(CC)C(NCCC)c1ccc(C)c(F)c1. The molecule has 1 aromatic rings. The molecule has 1 aromatic carbocycles. The van der Waals surface area contributed by atoms with Gasteiger partial charge in [-0.3, -0.25) is 0 Å². The number of halogens is 1. The molecule has 0 aliphatic rings. The van der Waals surface area contributed by atoms with Gasteiger partial charge in [-0.2, -0.15) is 0 Å². The Balaban J connectivity index is 2.93. The number of hydrogen-bond donors (Lipinski definition) is 1. The lowest BCUT2D eigenvalue weighted by Gasteiger charge is -2.28. The molecule has 0 fully saturated rings. The van der Waals surface area contributed by atoms with Crippen LogP contribution in [0.15, 0.2) is 18.2 Å². The molecule has 0 aromatic heterocycles. The minimum absolute atomic E-state index is 0.0869. The van der Waals surface area contributed by atoms with Crippen molar-refractivity contribution in [1.29, 1.82) is 0 Å². The van der Waals surface area contributed by atoms with E-state index in [0.717, 1.165) is 30.5 Å². The van der Waals surface area contributed by atoms with Crippen LogP contribution >= 0.6 is 0 Å². The van der Waals surface area contributed by atoms with Crippen molar-refractivity contribution in [3.8, 4) is 0 Å². The molecule has 0 spiro atoms. The van der Waals surface area contributed by atoms with Crippen molar-refractivity contribution < 1.29 is 4.39 Å². The molecule has 1 rings (SSSR count). The van der Waals surface area contributed by atoms with Gasteiger partial charge in [0.05, 0.1) is 0 Å². The lowest BCUT2D eigenvalue weighted by Crippen LogP contribution is -2.29. The summed E-state index contributed by atoms with van der Waals surface area (Å²) in [6, 6.07) is 5.98. The van der Waals surface area contributed by atoms with Gasteiger partial charge >= 0.3 is 0 Å². The molecule has 114 valence electrons. The highest BCUT2D eigenvalue weighted by molar-refractivity contribution is 5.26. The quantitative estimate of drug-likeness (QED) is 0.639. The summed E-state index contributed by atoms with van der Waals surface area (Å²) in [6.45, 7) is 9.45. The van der Waals surface area contributed by atoms with Crippen molar-refractivity contribution in [2.45, 2.75) is 65.8 Å². The first-order valence-corrected chi connectivity index (χ1v) is 8.13. The second kappa shape index (κ2) is 9.12. The van der Waals surface area contributed by atoms with E-state index < -0.39 is 0 Å². The minimum atomic E-state index is -0.0869. The first kappa shape index (κ1) is 17.2. The molecule has 2 unspecified atom stereocenters. The zero-order valence-electron chi connectivity index (χ0n) is 13.5. The average Bonchev–Trinajstić information content (AvgIpc) is 2.45. The van der Waals surface area contributed by atoms with E-state index in [1.54, 1.807) is 6.07 Å². The third kappa shape index (κ3) is 4.90. The van der Waals surface area contributed by atoms with E-state index >= 15 is 0 Å². The lowest BCUT2D eigenvalue weighted by molar-refractivity contribution is 0.323. The monoisotopic (exact) mass is 279 g/mol. The zero-order valence-corrected chi connectivity index (χ0v) is 13.5. The second-order valence-electron chi connectivity index (χ2n) is 5.75. The second-order valence-corrected chi connectivity index (χ2v) is 5.75. The van der Waals surface area contributed by atoms with Crippen LogP contribution in [0.25, 0.3) is 0 Å². The van der Waals surface area contributed by atoms with Gasteiger partial charge in [-0.15, -0.1) is 0 Å². The molecule has 0 radical (unpaired) electrons. The normalized spacial score (nSPS) is 14.2. The van der Waals surface area contributed by atoms with Gasteiger partial charge < -0.3 is 5.32 Å². The van der Waals surface area contributed by atoms with Gasteiger partial charge in [-0.05, 0) is 49.4 Å². The molecule has 0 aliphatic carbocycles. The summed E-state index contributed by atoms with van der Waals surface area (Å²) in [4.78, 5) is 0. The smallest absolute Gasteiger partial charge is 0.126 e. The molecule has 1 nitrogen and oxygen atoms in total. The first-order valence-electron chi connectivity index (χ1n) is 8.13. The molecule has 0 amide bonds. The largest absolute Gasteiger partial charge is 0.310 e. The maximum absolute atomic E-state index is 13.9. The first-order chi connectivity index (χ1) is 9.63. The van der Waals surface area contributed by atoms with Crippen LogP contribution in [0.1, 0.15) is 70.0 Å². The zero-order chi connectivity index (χ0) is 15.0. The molecule has 0 saturated heterocycles. The van der Waals surface area contributed by atoms with E-state index in [2.05, 4.69) is 32.2 Å².